The fourth-order valence-corrected chi connectivity index (χ4v) is 5.34. The first-order valence-corrected chi connectivity index (χ1v) is 14.9. The number of rotatable bonds is 9. The zero-order valence-electron chi connectivity index (χ0n) is 23.5. The van der Waals surface area contributed by atoms with Gasteiger partial charge >= 0.3 is 11.9 Å². The van der Waals surface area contributed by atoms with E-state index in [2.05, 4.69) is 15.3 Å². The topological polar surface area (TPSA) is 104 Å². The molecular formula is C28H36Cl2F2N4O4S. The summed E-state index contributed by atoms with van der Waals surface area (Å²) < 4.78 is 33.3. The quantitative estimate of drug-likeness (QED) is 0.302. The first kappa shape index (κ1) is 34.6. The summed E-state index contributed by atoms with van der Waals surface area (Å²) in [6.45, 7) is 5.39. The van der Waals surface area contributed by atoms with Crippen molar-refractivity contribution in [3.63, 3.8) is 0 Å². The molecule has 0 spiro atoms. The van der Waals surface area contributed by atoms with Crippen molar-refractivity contribution in [1.29, 1.82) is 0 Å². The van der Waals surface area contributed by atoms with Gasteiger partial charge in [0.2, 0.25) is 0 Å². The number of halogens is 4. The van der Waals surface area contributed by atoms with Crippen LogP contribution in [0.5, 0.6) is 0 Å². The summed E-state index contributed by atoms with van der Waals surface area (Å²) >= 11 is 12.5. The lowest BCUT2D eigenvalue weighted by atomic mass is 10.00. The Bertz CT molecular complexity index is 1190. The highest BCUT2D eigenvalue weighted by Crippen LogP contribution is 2.35. The summed E-state index contributed by atoms with van der Waals surface area (Å²) in [7, 11) is 1.27. The van der Waals surface area contributed by atoms with E-state index in [4.69, 9.17) is 33.0 Å². The largest absolute Gasteiger partial charge is 0.481 e. The van der Waals surface area contributed by atoms with Crippen molar-refractivity contribution in [2.45, 2.75) is 58.4 Å². The molecule has 1 aromatic carbocycles. The molecule has 0 aliphatic carbocycles. The van der Waals surface area contributed by atoms with Crippen LogP contribution in [0, 0.1) is 5.92 Å². The number of carboxylic acid groups (broad SMARTS) is 1. The van der Waals surface area contributed by atoms with Crippen LogP contribution in [0.25, 0.3) is 0 Å². The van der Waals surface area contributed by atoms with Gasteiger partial charge in [0.15, 0.2) is 10.8 Å². The molecule has 2 aliphatic rings. The number of likely N-dealkylation sites (tertiary alicyclic amines) is 1. The van der Waals surface area contributed by atoms with Gasteiger partial charge in [0.25, 0.3) is 5.92 Å². The summed E-state index contributed by atoms with van der Waals surface area (Å²) in [5.41, 5.74) is 0.782. The van der Waals surface area contributed by atoms with Gasteiger partial charge in [-0.15, -0.1) is 11.3 Å². The molecule has 2 N–H and O–H groups in total. The number of thiazole rings is 1. The van der Waals surface area contributed by atoms with Crippen LogP contribution in [-0.2, 0) is 14.3 Å². The molecule has 1 aromatic heterocycles. The van der Waals surface area contributed by atoms with Gasteiger partial charge in [-0.2, -0.15) is 0 Å². The maximum atomic E-state index is 14.2. The number of nitrogens with one attached hydrogen (secondary N) is 1. The lowest BCUT2D eigenvalue weighted by molar-refractivity contribution is -0.141. The monoisotopic (exact) mass is 632 g/mol. The summed E-state index contributed by atoms with van der Waals surface area (Å²) in [4.78, 5) is 33.5. The van der Waals surface area contributed by atoms with Crippen LogP contribution < -0.4 is 5.32 Å². The number of benzene rings is 1. The summed E-state index contributed by atoms with van der Waals surface area (Å²) in [5.74, 6) is -4.30. The van der Waals surface area contributed by atoms with Gasteiger partial charge in [-0.3, -0.25) is 14.7 Å². The van der Waals surface area contributed by atoms with E-state index < -0.39 is 36.4 Å². The maximum absolute atomic E-state index is 14.2. The van der Waals surface area contributed by atoms with E-state index in [0.717, 1.165) is 0 Å². The fraction of sp³-hybridized carbons (Fsp3) is 0.500. The van der Waals surface area contributed by atoms with E-state index in [9.17, 15) is 18.4 Å². The highest BCUT2D eigenvalue weighted by atomic mass is 35.5. The van der Waals surface area contributed by atoms with Crippen LogP contribution in [-0.4, -0.2) is 71.5 Å². The lowest BCUT2D eigenvalue weighted by Crippen LogP contribution is -2.41. The fourth-order valence-electron chi connectivity index (χ4n) is 4.30. The highest BCUT2D eigenvalue weighted by molar-refractivity contribution is 7.11. The van der Waals surface area contributed by atoms with Crippen LogP contribution in [0.1, 0.15) is 51.5 Å². The molecule has 0 bridgehead atoms. The molecule has 2 atom stereocenters. The number of aliphatic imine (C=N–C) groups is 1. The Labute approximate surface area is 253 Å². The number of aliphatic carboxylic acids is 1. The van der Waals surface area contributed by atoms with E-state index in [-0.39, 0.29) is 19.5 Å². The molecule has 41 heavy (non-hydrogen) atoms. The van der Waals surface area contributed by atoms with Crippen LogP contribution in [0.3, 0.4) is 0 Å². The average Bonchev–Trinajstić information content (AvgIpc) is 3.57. The number of carbonyl (C=O) groups is 2. The van der Waals surface area contributed by atoms with Crippen LogP contribution >= 0.6 is 34.5 Å². The molecule has 3 heterocycles. The van der Waals surface area contributed by atoms with Gasteiger partial charge in [-0.05, 0) is 31.0 Å². The molecule has 1 fully saturated rings. The zero-order valence-corrected chi connectivity index (χ0v) is 25.8. The predicted octanol–water partition coefficient (Wildman–Crippen LogP) is 6.54. The van der Waals surface area contributed by atoms with Crippen LogP contribution in [0.2, 0.25) is 10.0 Å². The molecule has 0 amide bonds. The molecule has 8 nitrogen and oxygen atoms in total. The minimum absolute atomic E-state index is 0.0783. The van der Waals surface area contributed by atoms with Crippen molar-refractivity contribution in [1.82, 2.24) is 15.2 Å². The normalized spacial score (nSPS) is 18.6. The average molecular weight is 634 g/mol. The number of carbonyl (C=O) groups excluding carboxylic acids is 1. The number of hydrogen-bond acceptors (Lipinski definition) is 8. The minimum Gasteiger partial charge on any atom is -0.481 e. The van der Waals surface area contributed by atoms with E-state index in [1.54, 1.807) is 41.6 Å². The highest BCUT2D eigenvalue weighted by Gasteiger charge is 2.45. The van der Waals surface area contributed by atoms with Crippen molar-refractivity contribution in [2.75, 3.05) is 26.7 Å². The van der Waals surface area contributed by atoms with Crippen molar-refractivity contribution in [2.24, 2.45) is 10.9 Å². The molecule has 2 unspecified atom stereocenters. The molecule has 4 rings (SSSR count). The molecule has 2 aliphatic heterocycles. The van der Waals surface area contributed by atoms with Gasteiger partial charge in [0.1, 0.15) is 0 Å². The molecule has 0 radical (unpaired) electrons. The van der Waals surface area contributed by atoms with Crippen molar-refractivity contribution < 1.29 is 28.2 Å². The van der Waals surface area contributed by atoms with Crippen LogP contribution in [0.15, 0.2) is 52.1 Å². The second-order valence-electron chi connectivity index (χ2n) is 9.30. The Hall–Kier alpha value is -2.60. The van der Waals surface area contributed by atoms with Gasteiger partial charge in [0.05, 0.1) is 31.7 Å². The number of alkyl halides is 2. The lowest BCUT2D eigenvalue weighted by Gasteiger charge is -2.28. The summed E-state index contributed by atoms with van der Waals surface area (Å²) in [5, 5.41) is 15.9. The molecule has 1 saturated heterocycles. The number of methoxy groups -OCH3 is 1. The van der Waals surface area contributed by atoms with Crippen LogP contribution in [0.4, 0.5) is 8.78 Å². The third-order valence-corrected chi connectivity index (χ3v) is 7.57. The molecule has 2 aromatic rings. The molecular weight excluding hydrogens is 597 g/mol. The number of nitrogens with zero attached hydrogens (tertiary/aromatic N) is 3. The number of carboxylic acids is 1. The van der Waals surface area contributed by atoms with Gasteiger partial charge < -0.3 is 15.2 Å². The van der Waals surface area contributed by atoms with Crippen molar-refractivity contribution >= 4 is 52.3 Å². The Morgan fingerprint density at radius 2 is 1.98 bits per heavy atom. The van der Waals surface area contributed by atoms with E-state index >= 15 is 0 Å². The molecule has 13 heteroatoms. The summed E-state index contributed by atoms with van der Waals surface area (Å²) in [6.07, 6.45) is 2.77. The Kier molecular flexibility index (Phi) is 14.1. The zero-order chi connectivity index (χ0) is 30.6. The van der Waals surface area contributed by atoms with E-state index in [0.29, 0.717) is 51.4 Å². The Morgan fingerprint density at radius 3 is 2.51 bits per heavy atom. The number of ether oxygens (including phenoxy) is 1. The number of hydrogen-bond donors (Lipinski definition) is 2. The summed E-state index contributed by atoms with van der Waals surface area (Å²) in [6, 6.07) is 6.67. The van der Waals surface area contributed by atoms with Crippen molar-refractivity contribution in [3.8, 4) is 0 Å². The third-order valence-electron chi connectivity index (χ3n) is 6.32. The SMILES string of the molecule is CC.COC(=O)C1=C(CN2CC(F)(F)CC2CCCC(C)C(=O)O)NC(c2nccs2)=NC1.Clc1cccc(Cl)c1. The number of esters is 1. The standard InChI is InChI=1S/C20H26F2N4O4S.C6H4Cl2.C2H6/c1-12(18(27)28)4-3-5-13-8-20(21,22)11-26(13)10-15-14(19(29)30-2)9-24-16(25-15)17-23-6-7-31-17;7-5-2-1-3-6(8)4-5;1-2/h6-7,12-13H,3-5,8-11H2,1-2H3,(H,24,25)(H,27,28);1-4H;1-2H3. The molecule has 226 valence electrons. The molecule has 0 saturated carbocycles. The van der Waals surface area contributed by atoms with Gasteiger partial charge in [-0.1, -0.05) is 56.5 Å². The van der Waals surface area contributed by atoms with Gasteiger partial charge in [-0.25, -0.2) is 18.6 Å². The predicted molar refractivity (Wildman–Crippen MR) is 159 cm³/mol. The smallest absolute Gasteiger partial charge is 0.337 e. The number of aromatic nitrogens is 1. The first-order chi connectivity index (χ1) is 19.5. The second-order valence-corrected chi connectivity index (χ2v) is 11.1. The van der Waals surface area contributed by atoms with Crippen molar-refractivity contribution in [3.05, 3.63) is 62.2 Å². The third kappa shape index (κ3) is 11.0. The second kappa shape index (κ2) is 16.7. The van der Waals surface area contributed by atoms with Gasteiger partial charge in [0, 0.05) is 46.3 Å². The Morgan fingerprint density at radius 1 is 1.29 bits per heavy atom. The Balaban J connectivity index is 0.000000500. The minimum atomic E-state index is -2.84. The van der Waals surface area contributed by atoms with E-state index in [1.807, 2.05) is 19.9 Å². The first-order valence-electron chi connectivity index (χ1n) is 13.3. The van der Waals surface area contributed by atoms with E-state index in [1.165, 1.54) is 18.4 Å². The maximum Gasteiger partial charge on any atom is 0.337 e. The number of amidine groups is 1.